The van der Waals surface area contributed by atoms with Crippen molar-refractivity contribution >= 4 is 57.8 Å². The topological polar surface area (TPSA) is 313 Å². The number of halogens is 13. The second-order valence-corrected chi connectivity index (χ2v) is 20.5. The molecule has 512 valence electrons. The summed E-state index contributed by atoms with van der Waals surface area (Å²) in [6, 6.07) is 6.87. The number of nitrogens with one attached hydrogen (secondary N) is 4. The second-order valence-electron chi connectivity index (χ2n) is 20.1. The number of alkyl halides is 8. The lowest BCUT2D eigenvalue weighted by Crippen LogP contribution is -2.42. The average Bonchev–Trinajstić information content (AvgIpc) is 1.56. The number of carbonyl (C=O) groups excluding carboxylic acids is 6. The number of aromatic nitrogens is 8. The Hall–Kier alpha value is -9.55. The molecular formula is C56H61ClF12N14O11. The number of anilines is 2. The number of likely N-dealkylation sites (tertiary alicyclic amines) is 1. The zero-order valence-corrected chi connectivity index (χ0v) is 50.3. The monoisotopic (exact) mass is 1370 g/mol. The van der Waals surface area contributed by atoms with Crippen molar-refractivity contribution in [3.63, 3.8) is 0 Å². The second kappa shape index (κ2) is 36.0. The van der Waals surface area contributed by atoms with Crippen LogP contribution in [-0.4, -0.2) is 137 Å². The normalized spacial score (nSPS) is 13.6. The van der Waals surface area contributed by atoms with E-state index in [9.17, 15) is 91.0 Å². The van der Waals surface area contributed by atoms with Crippen LogP contribution in [0.2, 0.25) is 0 Å². The van der Waals surface area contributed by atoms with E-state index in [4.69, 9.17) is 17.3 Å². The molecule has 6 N–H and O–H groups in total. The van der Waals surface area contributed by atoms with Crippen LogP contribution >= 0.6 is 11.6 Å². The fraction of sp³-hybridized carbons (Fsp3) is 0.429. The van der Waals surface area contributed by atoms with Crippen molar-refractivity contribution in [1.82, 2.24) is 60.0 Å². The molecular weight excluding hydrogens is 1310 g/mol. The van der Waals surface area contributed by atoms with Crippen LogP contribution in [0.5, 0.6) is 11.5 Å². The Labute approximate surface area is 529 Å². The number of amides is 4. The van der Waals surface area contributed by atoms with Gasteiger partial charge in [-0.1, -0.05) is 16.8 Å². The van der Waals surface area contributed by atoms with E-state index in [0.717, 1.165) is 98.8 Å². The Balaban J connectivity index is 0.000000287. The smallest absolute Gasteiger partial charge is 0.459 e. The van der Waals surface area contributed by atoms with Crippen molar-refractivity contribution in [2.24, 2.45) is 0 Å². The highest BCUT2D eigenvalue weighted by Crippen LogP contribution is 2.26. The van der Waals surface area contributed by atoms with Crippen molar-refractivity contribution in [2.45, 2.75) is 123 Å². The first kappa shape index (κ1) is 75.2. The lowest BCUT2D eigenvalue weighted by molar-refractivity contribution is -0.275. The highest BCUT2D eigenvalue weighted by Gasteiger charge is 2.33. The van der Waals surface area contributed by atoms with E-state index < -0.39 is 131 Å². The van der Waals surface area contributed by atoms with Crippen LogP contribution in [0.4, 0.5) is 64.1 Å². The minimum atomic E-state index is -4.99. The number of aryl methyl sites for hydroxylation is 2. The molecule has 38 heteroatoms. The Bertz CT molecular complexity index is 3660. The van der Waals surface area contributed by atoms with Gasteiger partial charge in [-0.25, -0.2) is 31.7 Å². The number of rotatable bonds is 21. The lowest BCUT2D eigenvalue weighted by atomic mass is 10.1. The van der Waals surface area contributed by atoms with Crippen molar-refractivity contribution in [1.29, 1.82) is 0 Å². The summed E-state index contributed by atoms with van der Waals surface area (Å²) >= 11 is 4.69. The molecule has 6 heterocycles. The molecule has 25 nitrogen and oxygen atoms in total. The van der Waals surface area contributed by atoms with Gasteiger partial charge in [-0.3, -0.25) is 33.6 Å². The van der Waals surface area contributed by atoms with Gasteiger partial charge in [-0.2, -0.15) is 8.78 Å². The van der Waals surface area contributed by atoms with E-state index in [1.54, 1.807) is 6.92 Å². The number of hydrogen-bond donors (Lipinski definition) is 5. The zero-order chi connectivity index (χ0) is 69.3. The van der Waals surface area contributed by atoms with E-state index in [1.165, 1.54) is 49.5 Å². The molecule has 0 aliphatic carbocycles. The van der Waals surface area contributed by atoms with Gasteiger partial charge in [0.2, 0.25) is 11.6 Å². The third-order valence-corrected chi connectivity index (χ3v) is 13.2. The van der Waals surface area contributed by atoms with Crippen LogP contribution in [0.1, 0.15) is 90.4 Å². The van der Waals surface area contributed by atoms with E-state index in [1.807, 2.05) is 0 Å². The highest BCUT2D eigenvalue weighted by atomic mass is 35.5. The number of esters is 1. The summed E-state index contributed by atoms with van der Waals surface area (Å²) in [6.07, 6.45) is -2.37. The molecule has 2 saturated heterocycles. The summed E-state index contributed by atoms with van der Waals surface area (Å²) < 4.78 is 175. The largest absolute Gasteiger partial charge is 0.573 e. The minimum Gasteiger partial charge on any atom is -0.459 e. The van der Waals surface area contributed by atoms with Gasteiger partial charge in [0.1, 0.15) is 35.5 Å². The maximum absolute atomic E-state index is 14.7. The van der Waals surface area contributed by atoms with Crippen molar-refractivity contribution < 1.29 is 95.7 Å². The molecule has 94 heavy (non-hydrogen) atoms. The van der Waals surface area contributed by atoms with Crippen LogP contribution in [0, 0.1) is 23.3 Å². The molecule has 0 radical (unpaired) electrons. The summed E-state index contributed by atoms with van der Waals surface area (Å²) in [5.41, 5.74) is 1.25. The van der Waals surface area contributed by atoms with E-state index in [-0.39, 0.29) is 67.3 Å². The molecule has 0 saturated carbocycles. The number of carbonyl (C=O) groups is 6. The van der Waals surface area contributed by atoms with Gasteiger partial charge >= 0.3 is 35.8 Å². The predicted octanol–water partition coefficient (Wildman–Crippen LogP) is 6.56. The third-order valence-electron chi connectivity index (χ3n) is 13.0. The molecule has 0 bridgehead atoms. The number of ether oxygens (including phenoxy) is 3. The lowest BCUT2D eigenvalue weighted by Gasteiger charge is -2.25. The van der Waals surface area contributed by atoms with Crippen LogP contribution in [0.3, 0.4) is 0 Å². The fourth-order valence-electron chi connectivity index (χ4n) is 8.39. The minimum absolute atomic E-state index is 0.137. The number of nitrogens with zero attached hydrogens (tertiary/aromatic N) is 9. The number of nitrogens with two attached hydrogens (primary N) is 1. The maximum atomic E-state index is 14.7. The van der Waals surface area contributed by atoms with Gasteiger partial charge in [0.05, 0.1) is 43.5 Å². The SMILES string of the molecule is C1CCNCC1.CCOC(=O)C(=O)Cl.Nc1ccn(CCC(F)Cn2cc(C(=O)NCc3cc(OC(F)(F)F)ccc3F)nn2)c(=O)c1F.O=C(Nc1ccn(CCC(F)Cn2cc(C(=O)NCc3cc(OC(F)(F)F)ccc3F)nn2)c(=O)c1F)C(=O)N1CCCCC1. The number of hydrogen-bond acceptors (Lipinski definition) is 17. The van der Waals surface area contributed by atoms with Gasteiger partial charge in [-0.15, -0.1) is 36.5 Å². The van der Waals surface area contributed by atoms with Crippen molar-refractivity contribution in [3.05, 3.63) is 140 Å². The molecule has 2 aromatic carbocycles. The van der Waals surface area contributed by atoms with Gasteiger partial charge in [-0.05, 0) is 125 Å². The molecule has 2 aliphatic heterocycles. The van der Waals surface area contributed by atoms with Gasteiger partial charge in [0.25, 0.3) is 22.9 Å². The fourth-order valence-corrected chi connectivity index (χ4v) is 8.45. The predicted molar refractivity (Wildman–Crippen MR) is 307 cm³/mol. The van der Waals surface area contributed by atoms with Crippen molar-refractivity contribution in [2.75, 3.05) is 43.8 Å². The van der Waals surface area contributed by atoms with Crippen LogP contribution in [0.25, 0.3) is 0 Å². The summed E-state index contributed by atoms with van der Waals surface area (Å²) in [5, 5.41) is 23.2. The maximum Gasteiger partial charge on any atom is 0.573 e. The molecule has 4 aromatic heterocycles. The Kier molecular flexibility index (Phi) is 28.8. The highest BCUT2D eigenvalue weighted by molar-refractivity contribution is 6.80. The van der Waals surface area contributed by atoms with E-state index >= 15 is 0 Å². The van der Waals surface area contributed by atoms with Gasteiger partial charge < -0.3 is 55.2 Å². The number of pyridine rings is 2. The first-order valence-electron chi connectivity index (χ1n) is 28.4. The Morgan fingerprint density at radius 1 is 0.660 bits per heavy atom. The molecule has 2 aliphatic rings. The van der Waals surface area contributed by atoms with E-state index in [2.05, 4.69) is 56.1 Å². The summed E-state index contributed by atoms with van der Waals surface area (Å²) in [7, 11) is 0. The van der Waals surface area contributed by atoms with Crippen LogP contribution < -0.4 is 47.6 Å². The molecule has 2 unspecified atom stereocenters. The summed E-state index contributed by atoms with van der Waals surface area (Å²) in [6.45, 7) is 2.96. The average molecular weight is 1370 g/mol. The molecule has 8 rings (SSSR count). The number of benzene rings is 2. The number of piperidine rings is 2. The molecule has 2 fully saturated rings. The molecule has 4 amide bonds. The van der Waals surface area contributed by atoms with Gasteiger partial charge in [0.15, 0.2) is 11.4 Å². The van der Waals surface area contributed by atoms with Crippen LogP contribution in [0.15, 0.2) is 82.9 Å². The third kappa shape index (κ3) is 25.2. The quantitative estimate of drug-likeness (QED) is 0.0220. The first-order valence-corrected chi connectivity index (χ1v) is 28.7. The zero-order valence-electron chi connectivity index (χ0n) is 49.5. The van der Waals surface area contributed by atoms with Crippen LogP contribution in [-0.2, 0) is 63.2 Å². The van der Waals surface area contributed by atoms with Gasteiger partial charge in [0, 0.05) is 62.8 Å². The molecule has 6 aromatic rings. The first-order chi connectivity index (χ1) is 44.4. The standard InChI is InChI=1S/C27H27F6N7O5.C20H18F6N6O3.C5H11N.C4H5ClO3/c28-17(6-10-39-11-7-20(22(30)25(39)43)35-24(42)26(44)38-8-2-1-3-9-38)14-40-15-21(36-37-40)23(41)34-13-16-12-18(4-5-19(16)29)45-27(31,32)33;21-12(3-5-31-6-4-15(27)17(23)19(31)34)9-32-10-16(29-30-32)18(33)28-8-11-7-13(1-2-14(11)22)35-20(24,25)26;1-2-4-6-5-3-1;1-2-8-4(7)3(5)6/h4-5,7,11-12,15,17H,1-3,6,8-10,13-14H2,(H,34,41)(H,35,42);1-2,4,6-7,10,12H,3,5,8-9,27H2,(H,28,33);6H,1-5H2;2H2,1H3. The summed E-state index contributed by atoms with van der Waals surface area (Å²) in [4.78, 5) is 94.5. The summed E-state index contributed by atoms with van der Waals surface area (Å²) in [5.74, 6) is -10.2. The number of nitrogen functional groups attached to an aromatic ring is 1. The molecule has 2 atom stereocenters. The van der Waals surface area contributed by atoms with E-state index in [0.29, 0.717) is 13.1 Å². The molecule has 0 spiro atoms. The Morgan fingerprint density at radius 2 is 1.12 bits per heavy atom. The Morgan fingerprint density at radius 3 is 1.53 bits per heavy atom. The van der Waals surface area contributed by atoms with Crippen molar-refractivity contribution in [3.8, 4) is 11.5 Å².